The topological polar surface area (TPSA) is 87.7 Å². The van der Waals surface area contributed by atoms with Gasteiger partial charge < -0.3 is 20.3 Å². The lowest BCUT2D eigenvalue weighted by atomic mass is 9.99. The summed E-state index contributed by atoms with van der Waals surface area (Å²) >= 11 is 0. The van der Waals surface area contributed by atoms with Gasteiger partial charge in [0.1, 0.15) is 17.7 Å². The van der Waals surface area contributed by atoms with E-state index in [0.717, 1.165) is 36.0 Å². The van der Waals surface area contributed by atoms with Crippen LogP contribution < -0.4 is 10.6 Å². The van der Waals surface area contributed by atoms with E-state index < -0.39 is 23.8 Å². The Kier molecular flexibility index (Phi) is 12.3. The number of amides is 3. The Morgan fingerprint density at radius 2 is 1.66 bits per heavy atom. The quantitative estimate of drug-likeness (QED) is 0.329. The van der Waals surface area contributed by atoms with Crippen LogP contribution in [0.5, 0.6) is 0 Å². The predicted molar refractivity (Wildman–Crippen MR) is 152 cm³/mol. The van der Waals surface area contributed by atoms with Gasteiger partial charge in [0.2, 0.25) is 11.8 Å². The van der Waals surface area contributed by atoms with Crippen molar-refractivity contribution in [1.82, 2.24) is 15.5 Å². The average Bonchev–Trinajstić information content (AvgIpc) is 2.85. The van der Waals surface area contributed by atoms with Gasteiger partial charge in [-0.25, -0.2) is 4.79 Å². The molecular weight excluding hydrogens is 478 g/mol. The minimum absolute atomic E-state index is 0.218. The summed E-state index contributed by atoms with van der Waals surface area (Å²) in [5.74, 6) is -0.541. The van der Waals surface area contributed by atoms with E-state index in [1.165, 1.54) is 0 Å². The number of carbonyl (C=O) groups is 3. The fourth-order valence-corrected chi connectivity index (χ4v) is 4.30. The highest BCUT2D eigenvalue weighted by atomic mass is 16.6. The maximum absolute atomic E-state index is 14.2. The van der Waals surface area contributed by atoms with Crippen molar-refractivity contribution in [2.75, 3.05) is 13.1 Å². The molecule has 7 nitrogen and oxygen atoms in total. The van der Waals surface area contributed by atoms with Gasteiger partial charge in [0.25, 0.3) is 0 Å². The predicted octanol–water partition coefficient (Wildman–Crippen LogP) is 5.72. The van der Waals surface area contributed by atoms with Crippen LogP contribution >= 0.6 is 0 Å². The second-order valence-electron chi connectivity index (χ2n) is 10.7. The van der Waals surface area contributed by atoms with Crippen molar-refractivity contribution < 1.29 is 19.1 Å². The number of unbranched alkanes of at least 4 members (excludes halogenated alkanes) is 2. The fraction of sp³-hybridized carbons (Fsp3) is 0.516. The van der Waals surface area contributed by atoms with Crippen molar-refractivity contribution in [2.24, 2.45) is 0 Å². The molecule has 2 rings (SSSR count). The maximum atomic E-state index is 14.2. The molecule has 0 aliphatic carbocycles. The molecule has 0 aliphatic heterocycles. The van der Waals surface area contributed by atoms with Crippen LogP contribution in [0.4, 0.5) is 4.79 Å². The van der Waals surface area contributed by atoms with E-state index >= 15 is 0 Å². The molecule has 2 aromatic carbocycles. The molecule has 0 fully saturated rings. The minimum atomic E-state index is -0.904. The first-order valence-corrected chi connectivity index (χ1v) is 13.7. The standard InChI is InChI=1S/C31H45N3O4/c1-7-9-13-19-32-28(35)27(25-18-14-15-23(3)21-25)34(20-8-2)29(36)26(22-24-16-11-10-12-17-24)33-30(37)38-31(4,5)6/h10-12,14-18,21,26-27H,7-9,13,19-20,22H2,1-6H3,(H,32,35)(H,33,37). The molecule has 0 radical (unpaired) electrons. The Bertz CT molecular complexity index is 1030. The Balaban J connectivity index is 2.45. The summed E-state index contributed by atoms with van der Waals surface area (Å²) in [7, 11) is 0. The number of hydrogen-bond acceptors (Lipinski definition) is 4. The number of alkyl carbamates (subject to hydrolysis) is 1. The van der Waals surface area contributed by atoms with Crippen LogP contribution in [-0.4, -0.2) is 47.5 Å². The molecule has 2 N–H and O–H groups in total. The first-order chi connectivity index (χ1) is 18.1. The van der Waals surface area contributed by atoms with Crippen LogP contribution in [0, 0.1) is 6.92 Å². The summed E-state index contributed by atoms with van der Waals surface area (Å²) in [4.78, 5) is 42.2. The van der Waals surface area contributed by atoms with E-state index in [4.69, 9.17) is 4.74 Å². The van der Waals surface area contributed by atoms with Crippen LogP contribution in [0.15, 0.2) is 54.6 Å². The number of rotatable bonds is 13. The molecule has 208 valence electrons. The number of ether oxygens (including phenoxy) is 1. The first kappa shape index (κ1) is 30.9. The molecule has 0 saturated heterocycles. The van der Waals surface area contributed by atoms with Gasteiger partial charge in [-0.05, 0) is 51.7 Å². The van der Waals surface area contributed by atoms with Crippen LogP contribution in [0.3, 0.4) is 0 Å². The van der Waals surface area contributed by atoms with Gasteiger partial charge in [-0.1, -0.05) is 86.8 Å². The van der Waals surface area contributed by atoms with Crippen molar-refractivity contribution in [3.05, 3.63) is 71.3 Å². The lowest BCUT2D eigenvalue weighted by Gasteiger charge is -2.34. The SMILES string of the molecule is CCCCCNC(=O)C(c1cccc(C)c1)N(CCC)C(=O)C(Cc1ccccc1)NC(=O)OC(C)(C)C. The summed E-state index contributed by atoms with van der Waals surface area (Å²) in [5, 5.41) is 5.84. The molecule has 0 spiro atoms. The lowest BCUT2D eigenvalue weighted by molar-refractivity contribution is -0.142. The van der Waals surface area contributed by atoms with Gasteiger partial charge in [-0.15, -0.1) is 0 Å². The van der Waals surface area contributed by atoms with Crippen molar-refractivity contribution in [3.8, 4) is 0 Å². The van der Waals surface area contributed by atoms with Crippen molar-refractivity contribution in [1.29, 1.82) is 0 Å². The van der Waals surface area contributed by atoms with E-state index in [1.807, 2.05) is 68.4 Å². The molecule has 3 amide bonds. The zero-order valence-corrected chi connectivity index (χ0v) is 23.9. The highest BCUT2D eigenvalue weighted by Gasteiger charge is 2.36. The van der Waals surface area contributed by atoms with Gasteiger partial charge in [0.15, 0.2) is 0 Å². The van der Waals surface area contributed by atoms with Crippen molar-refractivity contribution >= 4 is 17.9 Å². The summed E-state index contributed by atoms with van der Waals surface area (Å²) < 4.78 is 5.48. The Labute approximate surface area is 228 Å². The van der Waals surface area contributed by atoms with E-state index in [9.17, 15) is 14.4 Å². The third-order valence-electron chi connectivity index (χ3n) is 6.02. The van der Waals surface area contributed by atoms with E-state index in [-0.39, 0.29) is 18.2 Å². The third kappa shape index (κ3) is 10.2. The normalized spacial score (nSPS) is 12.8. The highest BCUT2D eigenvalue weighted by molar-refractivity contribution is 5.92. The molecule has 2 aromatic rings. The minimum Gasteiger partial charge on any atom is -0.444 e. The Hall–Kier alpha value is -3.35. The summed E-state index contributed by atoms with van der Waals surface area (Å²) in [6.45, 7) is 12.3. The zero-order chi connectivity index (χ0) is 28.1. The molecule has 0 heterocycles. The number of carbonyl (C=O) groups excluding carboxylic acids is 3. The lowest BCUT2D eigenvalue weighted by Crippen LogP contribution is -2.54. The molecule has 0 bridgehead atoms. The maximum Gasteiger partial charge on any atom is 0.408 e. The largest absolute Gasteiger partial charge is 0.444 e. The Morgan fingerprint density at radius 3 is 2.26 bits per heavy atom. The van der Waals surface area contributed by atoms with Gasteiger partial charge in [-0.2, -0.15) is 0 Å². The van der Waals surface area contributed by atoms with Crippen LogP contribution in [0.25, 0.3) is 0 Å². The van der Waals surface area contributed by atoms with E-state index in [1.54, 1.807) is 25.7 Å². The van der Waals surface area contributed by atoms with Gasteiger partial charge in [0, 0.05) is 19.5 Å². The summed E-state index contributed by atoms with van der Waals surface area (Å²) in [5.41, 5.74) is 1.93. The molecule has 7 heteroatoms. The molecular formula is C31H45N3O4. The molecule has 0 saturated carbocycles. The Morgan fingerprint density at radius 1 is 0.947 bits per heavy atom. The average molecular weight is 524 g/mol. The number of nitrogens with zero attached hydrogens (tertiary/aromatic N) is 1. The van der Waals surface area contributed by atoms with Crippen LogP contribution in [0.2, 0.25) is 0 Å². The summed E-state index contributed by atoms with van der Waals surface area (Å²) in [6.07, 6.45) is 3.21. The van der Waals surface area contributed by atoms with Gasteiger partial charge >= 0.3 is 6.09 Å². The monoisotopic (exact) mass is 523 g/mol. The van der Waals surface area contributed by atoms with Gasteiger partial charge in [-0.3, -0.25) is 9.59 Å². The molecule has 0 aliphatic rings. The molecule has 2 atom stereocenters. The van der Waals surface area contributed by atoms with Crippen LogP contribution in [-0.2, 0) is 20.7 Å². The third-order valence-corrected chi connectivity index (χ3v) is 6.02. The molecule has 0 aromatic heterocycles. The summed E-state index contributed by atoms with van der Waals surface area (Å²) in [6, 6.07) is 15.5. The van der Waals surface area contributed by atoms with Crippen molar-refractivity contribution in [3.63, 3.8) is 0 Å². The second kappa shape index (κ2) is 15.2. The number of benzene rings is 2. The number of nitrogens with one attached hydrogen (secondary N) is 2. The van der Waals surface area contributed by atoms with E-state index in [2.05, 4.69) is 17.6 Å². The first-order valence-electron chi connectivity index (χ1n) is 13.7. The zero-order valence-electron chi connectivity index (χ0n) is 23.9. The van der Waals surface area contributed by atoms with E-state index in [0.29, 0.717) is 19.5 Å². The molecule has 38 heavy (non-hydrogen) atoms. The second-order valence-corrected chi connectivity index (χ2v) is 10.7. The molecule has 2 unspecified atom stereocenters. The van der Waals surface area contributed by atoms with Gasteiger partial charge in [0.05, 0.1) is 0 Å². The van der Waals surface area contributed by atoms with Crippen molar-refractivity contribution in [2.45, 2.75) is 91.3 Å². The fourth-order valence-electron chi connectivity index (χ4n) is 4.30. The number of hydrogen-bond donors (Lipinski definition) is 2. The number of aryl methyl sites for hydroxylation is 1. The smallest absolute Gasteiger partial charge is 0.408 e. The van der Waals surface area contributed by atoms with Crippen LogP contribution in [0.1, 0.15) is 83.0 Å². The highest BCUT2D eigenvalue weighted by Crippen LogP contribution is 2.25.